The summed E-state index contributed by atoms with van der Waals surface area (Å²) >= 11 is 0. The number of benzene rings is 1. The molecular formula is C21H23N5O3. The zero-order valence-corrected chi connectivity index (χ0v) is 16.3. The Hall–Kier alpha value is -3.34. The van der Waals surface area contributed by atoms with Crippen molar-refractivity contribution in [2.24, 2.45) is 11.8 Å². The van der Waals surface area contributed by atoms with Gasteiger partial charge in [0.15, 0.2) is 0 Å². The maximum absolute atomic E-state index is 12.7. The number of aromatic hydroxyl groups is 1. The van der Waals surface area contributed by atoms with Crippen LogP contribution in [-0.4, -0.2) is 62.9 Å². The fourth-order valence-electron chi connectivity index (χ4n) is 4.20. The van der Waals surface area contributed by atoms with E-state index in [1.54, 1.807) is 17.2 Å². The molecule has 1 atom stereocenters. The Bertz CT molecular complexity index is 986. The average Bonchev–Trinajstić information content (AvgIpc) is 3.13. The third-order valence-corrected chi connectivity index (χ3v) is 5.91. The number of carbonyl (C=O) groups excluding carboxylic acids is 2. The third kappa shape index (κ3) is 3.68. The Balaban J connectivity index is 1.35. The quantitative estimate of drug-likeness (QED) is 0.827. The first-order valence-electron chi connectivity index (χ1n) is 9.79. The van der Waals surface area contributed by atoms with Gasteiger partial charge in [0.2, 0.25) is 0 Å². The summed E-state index contributed by atoms with van der Waals surface area (Å²) in [6.07, 6.45) is 3.59. The van der Waals surface area contributed by atoms with Crippen molar-refractivity contribution >= 4 is 11.8 Å². The molecule has 2 N–H and O–H groups in total. The van der Waals surface area contributed by atoms with Crippen LogP contribution in [0.15, 0.2) is 24.4 Å². The molecule has 2 saturated heterocycles. The second-order valence-electron chi connectivity index (χ2n) is 7.85. The second kappa shape index (κ2) is 7.59. The van der Waals surface area contributed by atoms with Crippen LogP contribution in [0.5, 0.6) is 5.75 Å². The number of likely N-dealkylation sites (tertiary alicyclic amines) is 2. The standard InChI is InChI=1S/C21H23N5O3/c1-13-23-9-18(24-13)21(29)25-6-2-3-15(10-25)17-11-26(12-17)20(28)14-4-5-19(27)16(7-14)8-22/h4-5,7,9,15,17,27H,2-3,6,10-12H2,1H3,(H,23,24). The first kappa shape index (κ1) is 19.0. The fourth-order valence-corrected chi connectivity index (χ4v) is 4.20. The highest BCUT2D eigenvalue weighted by Crippen LogP contribution is 2.32. The van der Waals surface area contributed by atoms with E-state index in [0.29, 0.717) is 42.7 Å². The minimum absolute atomic E-state index is 0.0179. The molecule has 2 aliphatic heterocycles. The maximum atomic E-state index is 12.7. The van der Waals surface area contributed by atoms with Crippen molar-refractivity contribution in [2.45, 2.75) is 19.8 Å². The van der Waals surface area contributed by atoms with Gasteiger partial charge in [-0.05, 0) is 49.8 Å². The number of hydrogen-bond donors (Lipinski definition) is 2. The summed E-state index contributed by atoms with van der Waals surface area (Å²) in [5, 5.41) is 18.6. The van der Waals surface area contributed by atoms with E-state index in [4.69, 9.17) is 5.26 Å². The number of imidazole rings is 1. The van der Waals surface area contributed by atoms with Crippen LogP contribution < -0.4 is 0 Å². The fraction of sp³-hybridized carbons (Fsp3) is 0.429. The molecule has 8 heteroatoms. The number of nitrogens with one attached hydrogen (secondary N) is 1. The highest BCUT2D eigenvalue weighted by atomic mass is 16.3. The van der Waals surface area contributed by atoms with Crippen molar-refractivity contribution < 1.29 is 14.7 Å². The second-order valence-corrected chi connectivity index (χ2v) is 7.85. The maximum Gasteiger partial charge on any atom is 0.271 e. The zero-order valence-electron chi connectivity index (χ0n) is 16.3. The van der Waals surface area contributed by atoms with Gasteiger partial charge in [-0.2, -0.15) is 5.26 Å². The number of H-pyrrole nitrogens is 1. The summed E-state index contributed by atoms with van der Waals surface area (Å²) in [5.74, 6) is 1.19. The molecule has 8 nitrogen and oxygen atoms in total. The van der Waals surface area contributed by atoms with Gasteiger partial charge in [-0.15, -0.1) is 0 Å². The van der Waals surface area contributed by atoms with Crippen LogP contribution >= 0.6 is 0 Å². The van der Waals surface area contributed by atoms with E-state index >= 15 is 0 Å². The molecule has 1 unspecified atom stereocenters. The van der Waals surface area contributed by atoms with Gasteiger partial charge in [-0.3, -0.25) is 9.59 Å². The molecule has 0 bridgehead atoms. The lowest BCUT2D eigenvalue weighted by atomic mass is 9.80. The van der Waals surface area contributed by atoms with Crippen LogP contribution in [0.1, 0.15) is 45.1 Å². The number of amides is 2. The van der Waals surface area contributed by atoms with E-state index in [1.165, 1.54) is 12.1 Å². The van der Waals surface area contributed by atoms with E-state index in [0.717, 1.165) is 25.2 Å². The molecule has 29 heavy (non-hydrogen) atoms. The summed E-state index contributed by atoms with van der Waals surface area (Å²) in [4.78, 5) is 36.1. The number of hydrogen-bond acceptors (Lipinski definition) is 5. The number of aromatic amines is 1. The Kier molecular flexibility index (Phi) is 4.97. The van der Waals surface area contributed by atoms with E-state index in [9.17, 15) is 14.7 Å². The largest absolute Gasteiger partial charge is 0.507 e. The Morgan fingerprint density at radius 3 is 2.66 bits per heavy atom. The van der Waals surface area contributed by atoms with E-state index in [1.807, 2.05) is 17.9 Å². The topological polar surface area (TPSA) is 113 Å². The molecule has 2 amide bonds. The van der Waals surface area contributed by atoms with Gasteiger partial charge < -0.3 is 19.9 Å². The first-order chi connectivity index (χ1) is 14.0. The molecule has 2 aromatic rings. The Labute approximate surface area is 168 Å². The predicted octanol–water partition coefficient (Wildman–Crippen LogP) is 1.92. The van der Waals surface area contributed by atoms with Crippen molar-refractivity contribution in [3.8, 4) is 11.8 Å². The molecule has 0 radical (unpaired) electrons. The van der Waals surface area contributed by atoms with Gasteiger partial charge in [0.1, 0.15) is 23.3 Å². The molecular weight excluding hydrogens is 370 g/mol. The molecule has 0 saturated carbocycles. The van der Waals surface area contributed by atoms with Gasteiger partial charge in [0.25, 0.3) is 11.8 Å². The smallest absolute Gasteiger partial charge is 0.271 e. The number of phenols is 1. The molecule has 150 valence electrons. The molecule has 4 rings (SSSR count). The summed E-state index contributed by atoms with van der Waals surface area (Å²) in [7, 11) is 0. The summed E-state index contributed by atoms with van der Waals surface area (Å²) in [5.41, 5.74) is 1.03. The van der Waals surface area contributed by atoms with Crippen LogP contribution in [0.3, 0.4) is 0 Å². The lowest BCUT2D eigenvalue weighted by Crippen LogP contribution is -2.55. The highest BCUT2D eigenvalue weighted by molar-refractivity contribution is 5.95. The van der Waals surface area contributed by atoms with Crippen molar-refractivity contribution in [2.75, 3.05) is 26.2 Å². The predicted molar refractivity (Wildman–Crippen MR) is 104 cm³/mol. The van der Waals surface area contributed by atoms with Crippen LogP contribution in [0.4, 0.5) is 0 Å². The Morgan fingerprint density at radius 1 is 1.21 bits per heavy atom. The number of aryl methyl sites for hydroxylation is 1. The van der Waals surface area contributed by atoms with Gasteiger partial charge in [0, 0.05) is 31.7 Å². The molecule has 0 aliphatic carbocycles. The van der Waals surface area contributed by atoms with Crippen LogP contribution in [0, 0.1) is 30.1 Å². The summed E-state index contributed by atoms with van der Waals surface area (Å²) < 4.78 is 0. The van der Waals surface area contributed by atoms with Gasteiger partial charge >= 0.3 is 0 Å². The monoisotopic (exact) mass is 393 g/mol. The number of aromatic nitrogens is 2. The van der Waals surface area contributed by atoms with Crippen LogP contribution in [0.2, 0.25) is 0 Å². The minimum atomic E-state index is -0.130. The average molecular weight is 393 g/mol. The van der Waals surface area contributed by atoms with Crippen LogP contribution in [-0.2, 0) is 0 Å². The molecule has 2 fully saturated rings. The lowest BCUT2D eigenvalue weighted by molar-refractivity contribution is 0.0186. The molecule has 3 heterocycles. The number of phenolic OH excluding ortho intramolecular Hbond substituents is 1. The van der Waals surface area contributed by atoms with E-state index < -0.39 is 0 Å². The SMILES string of the molecule is Cc1ncc(C(=O)N2CCCC(C3CN(C(=O)c4ccc(O)c(C#N)c4)C3)C2)[nH]1. The molecule has 1 aromatic heterocycles. The number of rotatable bonds is 3. The number of carbonyl (C=O) groups is 2. The number of nitrogens with zero attached hydrogens (tertiary/aromatic N) is 4. The normalized spacial score (nSPS) is 19.5. The van der Waals surface area contributed by atoms with Crippen molar-refractivity contribution in [3.63, 3.8) is 0 Å². The number of piperidine rings is 1. The lowest BCUT2D eigenvalue weighted by Gasteiger charge is -2.46. The van der Waals surface area contributed by atoms with Crippen LogP contribution in [0.25, 0.3) is 0 Å². The zero-order chi connectivity index (χ0) is 20.5. The minimum Gasteiger partial charge on any atom is -0.507 e. The highest BCUT2D eigenvalue weighted by Gasteiger charge is 2.39. The number of nitriles is 1. The van der Waals surface area contributed by atoms with Crippen molar-refractivity contribution in [1.82, 2.24) is 19.8 Å². The van der Waals surface area contributed by atoms with E-state index in [2.05, 4.69) is 9.97 Å². The molecule has 2 aliphatic rings. The van der Waals surface area contributed by atoms with E-state index in [-0.39, 0.29) is 23.1 Å². The van der Waals surface area contributed by atoms with Crippen molar-refractivity contribution in [3.05, 3.63) is 47.0 Å². The Morgan fingerprint density at radius 2 is 1.97 bits per heavy atom. The molecule has 1 aromatic carbocycles. The summed E-state index contributed by atoms with van der Waals surface area (Å²) in [6, 6.07) is 6.24. The van der Waals surface area contributed by atoms with Crippen molar-refractivity contribution in [1.29, 1.82) is 5.26 Å². The van der Waals surface area contributed by atoms with Gasteiger partial charge in [0.05, 0.1) is 11.8 Å². The van der Waals surface area contributed by atoms with Gasteiger partial charge in [-0.25, -0.2) is 4.98 Å². The first-order valence-corrected chi connectivity index (χ1v) is 9.79. The third-order valence-electron chi connectivity index (χ3n) is 5.91. The summed E-state index contributed by atoms with van der Waals surface area (Å²) in [6.45, 7) is 4.56. The molecule has 0 spiro atoms. The van der Waals surface area contributed by atoms with Gasteiger partial charge in [-0.1, -0.05) is 0 Å².